The van der Waals surface area contributed by atoms with E-state index in [2.05, 4.69) is 15.8 Å². The van der Waals surface area contributed by atoms with E-state index in [9.17, 15) is 9.59 Å². The van der Waals surface area contributed by atoms with Crippen LogP contribution in [-0.4, -0.2) is 35.1 Å². The van der Waals surface area contributed by atoms with Gasteiger partial charge in [-0.2, -0.15) is 0 Å². The number of nitrogens with zero attached hydrogens (tertiary/aromatic N) is 1. The molecule has 0 bridgehead atoms. The van der Waals surface area contributed by atoms with Gasteiger partial charge in [-0.3, -0.25) is 9.59 Å². The molecule has 0 spiro atoms. The lowest BCUT2D eigenvalue weighted by Gasteiger charge is -2.07. The number of aromatic nitrogens is 1. The second-order valence-corrected chi connectivity index (χ2v) is 6.58. The molecule has 1 aromatic carbocycles. The summed E-state index contributed by atoms with van der Waals surface area (Å²) >= 11 is 1.24. The van der Waals surface area contributed by atoms with Crippen molar-refractivity contribution >= 4 is 29.4 Å². The van der Waals surface area contributed by atoms with Crippen LogP contribution in [-0.2, 0) is 27.5 Å². The zero-order valence-electron chi connectivity index (χ0n) is 14.9. The highest BCUT2D eigenvalue weighted by Crippen LogP contribution is 2.09. The van der Waals surface area contributed by atoms with Crippen molar-refractivity contribution in [1.82, 2.24) is 10.5 Å². The summed E-state index contributed by atoms with van der Waals surface area (Å²) < 4.78 is 10.2. The van der Waals surface area contributed by atoms with E-state index in [1.165, 1.54) is 11.8 Å². The molecule has 26 heavy (non-hydrogen) atoms. The van der Waals surface area contributed by atoms with Crippen LogP contribution < -0.4 is 10.6 Å². The minimum Gasteiger partial charge on any atom is -0.377 e. The number of ether oxygens (including phenoxy) is 1. The summed E-state index contributed by atoms with van der Waals surface area (Å²) in [6, 6.07) is 9.54. The normalized spacial score (nSPS) is 10.5. The second kappa shape index (κ2) is 10.6. The van der Waals surface area contributed by atoms with Gasteiger partial charge in [-0.15, -0.1) is 11.8 Å². The second-order valence-electron chi connectivity index (χ2n) is 5.59. The average molecular weight is 377 g/mol. The summed E-state index contributed by atoms with van der Waals surface area (Å²) in [6.07, 6.45) is 0. The maximum absolute atomic E-state index is 11.9. The third-order valence-corrected chi connectivity index (χ3v) is 4.28. The fourth-order valence-corrected chi connectivity index (χ4v) is 2.71. The van der Waals surface area contributed by atoms with Crippen LogP contribution in [0.5, 0.6) is 0 Å². The van der Waals surface area contributed by atoms with Crippen molar-refractivity contribution in [3.8, 4) is 0 Å². The number of hydrogen-bond acceptors (Lipinski definition) is 6. The summed E-state index contributed by atoms with van der Waals surface area (Å²) in [4.78, 5) is 23.6. The van der Waals surface area contributed by atoms with Crippen molar-refractivity contribution in [1.29, 1.82) is 0 Å². The lowest BCUT2D eigenvalue weighted by atomic mass is 10.1. The van der Waals surface area contributed by atoms with Crippen LogP contribution in [0.15, 0.2) is 34.9 Å². The summed E-state index contributed by atoms with van der Waals surface area (Å²) in [5.41, 5.74) is 2.12. The third kappa shape index (κ3) is 7.28. The van der Waals surface area contributed by atoms with Gasteiger partial charge in [-0.1, -0.05) is 29.4 Å². The first-order valence-corrected chi connectivity index (χ1v) is 9.45. The fraction of sp³-hybridized carbons (Fsp3) is 0.389. The summed E-state index contributed by atoms with van der Waals surface area (Å²) in [7, 11) is 0. The van der Waals surface area contributed by atoms with Crippen molar-refractivity contribution in [3.63, 3.8) is 0 Å². The lowest BCUT2D eigenvalue weighted by Crippen LogP contribution is -2.25. The minimum absolute atomic E-state index is 0.113. The van der Waals surface area contributed by atoms with E-state index in [0.717, 1.165) is 11.1 Å². The van der Waals surface area contributed by atoms with Crippen LogP contribution in [0.4, 0.5) is 5.82 Å². The standard InChI is InChI=1S/C18H23N3O4S/c1-3-24-10-15-6-4-14(5-7-15)9-19-17(22)11-26-12-18(23)20-16-8-13(2)25-21-16/h4-8H,3,9-12H2,1-2H3,(H,19,22)(H,20,21,23). The number of amides is 2. The van der Waals surface area contributed by atoms with Gasteiger partial charge in [-0.05, 0) is 25.0 Å². The van der Waals surface area contributed by atoms with Gasteiger partial charge >= 0.3 is 0 Å². The highest BCUT2D eigenvalue weighted by molar-refractivity contribution is 8.00. The van der Waals surface area contributed by atoms with Crippen molar-refractivity contribution in [2.75, 3.05) is 23.4 Å². The maximum atomic E-state index is 11.9. The van der Waals surface area contributed by atoms with Crippen LogP contribution in [0, 0.1) is 6.92 Å². The number of benzene rings is 1. The van der Waals surface area contributed by atoms with Gasteiger partial charge in [-0.25, -0.2) is 0 Å². The molecular formula is C18H23N3O4S. The SMILES string of the molecule is CCOCc1ccc(CNC(=O)CSCC(=O)Nc2cc(C)on2)cc1. The molecule has 2 rings (SSSR count). The molecule has 0 unspecified atom stereocenters. The van der Waals surface area contributed by atoms with Crippen LogP contribution >= 0.6 is 11.8 Å². The number of nitrogens with one attached hydrogen (secondary N) is 2. The Morgan fingerprint density at radius 3 is 2.50 bits per heavy atom. The first-order valence-electron chi connectivity index (χ1n) is 8.30. The molecule has 140 valence electrons. The molecule has 2 amide bonds. The monoisotopic (exact) mass is 377 g/mol. The molecule has 2 aromatic rings. The van der Waals surface area contributed by atoms with E-state index >= 15 is 0 Å². The van der Waals surface area contributed by atoms with Gasteiger partial charge < -0.3 is 19.9 Å². The zero-order valence-corrected chi connectivity index (χ0v) is 15.7. The molecule has 8 heteroatoms. The first-order chi connectivity index (χ1) is 12.6. The van der Waals surface area contributed by atoms with Crippen molar-refractivity contribution in [3.05, 3.63) is 47.2 Å². The predicted molar refractivity (Wildman–Crippen MR) is 101 cm³/mol. The highest BCUT2D eigenvalue weighted by Gasteiger charge is 2.08. The maximum Gasteiger partial charge on any atom is 0.235 e. The fourth-order valence-electron chi connectivity index (χ4n) is 2.07. The molecule has 7 nitrogen and oxygen atoms in total. The molecule has 0 aliphatic heterocycles. The van der Waals surface area contributed by atoms with Crippen molar-refractivity contribution < 1.29 is 18.8 Å². The number of thioether (sulfide) groups is 1. The van der Waals surface area contributed by atoms with Crippen molar-refractivity contribution in [2.24, 2.45) is 0 Å². The van der Waals surface area contributed by atoms with Gasteiger partial charge in [0.1, 0.15) is 5.76 Å². The highest BCUT2D eigenvalue weighted by atomic mass is 32.2. The summed E-state index contributed by atoms with van der Waals surface area (Å²) in [5.74, 6) is 1.06. The van der Waals surface area contributed by atoms with E-state index in [4.69, 9.17) is 9.26 Å². The number of aryl methyl sites for hydroxylation is 1. The number of hydrogen-bond donors (Lipinski definition) is 2. The Bertz CT molecular complexity index is 715. The molecule has 2 N–H and O–H groups in total. The molecule has 1 aromatic heterocycles. The third-order valence-electron chi connectivity index (χ3n) is 3.35. The summed E-state index contributed by atoms with van der Waals surface area (Å²) in [5, 5.41) is 9.13. The molecule has 1 heterocycles. The van der Waals surface area contributed by atoms with Gasteiger partial charge in [0.2, 0.25) is 11.8 Å². The van der Waals surface area contributed by atoms with Crippen LogP contribution in [0.3, 0.4) is 0 Å². The lowest BCUT2D eigenvalue weighted by molar-refractivity contribution is -0.118. The first kappa shape index (κ1) is 20.0. The molecule has 0 saturated carbocycles. The van der Waals surface area contributed by atoms with E-state index in [0.29, 0.717) is 31.3 Å². The Labute approximate surface area is 156 Å². The Kier molecular flexibility index (Phi) is 8.17. The molecule has 0 radical (unpaired) electrons. The number of carbonyl (C=O) groups excluding carboxylic acids is 2. The molecule has 0 aliphatic carbocycles. The van der Waals surface area contributed by atoms with Crippen LogP contribution in [0.2, 0.25) is 0 Å². The van der Waals surface area contributed by atoms with Crippen molar-refractivity contribution in [2.45, 2.75) is 27.0 Å². The quantitative estimate of drug-likeness (QED) is 0.661. The summed E-state index contributed by atoms with van der Waals surface area (Å²) in [6.45, 7) is 5.44. The largest absolute Gasteiger partial charge is 0.377 e. The Morgan fingerprint density at radius 2 is 1.85 bits per heavy atom. The van der Waals surface area contributed by atoms with Gasteiger partial charge in [0.25, 0.3) is 0 Å². The average Bonchev–Trinajstić information content (AvgIpc) is 3.03. The van der Waals surface area contributed by atoms with Gasteiger partial charge in [0.05, 0.1) is 18.1 Å². The van der Waals surface area contributed by atoms with E-state index in [1.807, 2.05) is 31.2 Å². The van der Waals surface area contributed by atoms with Gasteiger partial charge in [0, 0.05) is 19.2 Å². The number of anilines is 1. The van der Waals surface area contributed by atoms with Gasteiger partial charge in [0.15, 0.2) is 5.82 Å². The molecule has 0 aliphatic rings. The van der Waals surface area contributed by atoms with Crippen LogP contribution in [0.25, 0.3) is 0 Å². The minimum atomic E-state index is -0.221. The van der Waals surface area contributed by atoms with E-state index in [1.54, 1.807) is 13.0 Å². The number of rotatable bonds is 10. The van der Waals surface area contributed by atoms with Crippen LogP contribution in [0.1, 0.15) is 23.8 Å². The Balaban J connectivity index is 1.61. The molecule has 0 fully saturated rings. The Hall–Kier alpha value is -2.32. The molecule has 0 atom stereocenters. The smallest absolute Gasteiger partial charge is 0.235 e. The van der Waals surface area contributed by atoms with E-state index < -0.39 is 0 Å². The topological polar surface area (TPSA) is 93.5 Å². The van der Waals surface area contributed by atoms with E-state index in [-0.39, 0.29) is 23.3 Å². The Morgan fingerprint density at radius 1 is 1.15 bits per heavy atom. The predicted octanol–water partition coefficient (Wildman–Crippen LogP) is 2.51. The molecular weight excluding hydrogens is 354 g/mol. The zero-order chi connectivity index (χ0) is 18.8. The molecule has 0 saturated heterocycles. The number of carbonyl (C=O) groups is 2.